The summed E-state index contributed by atoms with van der Waals surface area (Å²) in [6, 6.07) is 4.86. The van der Waals surface area contributed by atoms with Crippen molar-refractivity contribution in [2.75, 3.05) is 18.1 Å². The summed E-state index contributed by atoms with van der Waals surface area (Å²) in [6.07, 6.45) is -1.37. The quantitative estimate of drug-likeness (QED) is 0.443. The van der Waals surface area contributed by atoms with E-state index in [0.29, 0.717) is 0 Å². The van der Waals surface area contributed by atoms with Crippen LogP contribution in [0, 0.1) is 10.1 Å². The normalized spacial score (nSPS) is 12.7. The van der Waals surface area contributed by atoms with Crippen molar-refractivity contribution >= 4 is 21.5 Å². The molecular formula is C12H15NO7S. The summed E-state index contributed by atoms with van der Waals surface area (Å²) < 4.78 is 27.9. The Morgan fingerprint density at radius 3 is 2.43 bits per heavy atom. The van der Waals surface area contributed by atoms with E-state index < -0.39 is 38.3 Å². The molecule has 21 heavy (non-hydrogen) atoms. The van der Waals surface area contributed by atoms with Gasteiger partial charge in [0.05, 0.1) is 23.4 Å². The van der Waals surface area contributed by atoms with Gasteiger partial charge in [0.25, 0.3) is 5.69 Å². The lowest BCUT2D eigenvalue weighted by molar-refractivity contribution is -0.384. The van der Waals surface area contributed by atoms with Gasteiger partial charge in [-0.15, -0.1) is 0 Å². The Hall–Kier alpha value is -2.00. The highest BCUT2D eigenvalue weighted by atomic mass is 32.2. The Bertz CT molecular complexity index is 609. The molecule has 9 heteroatoms. The van der Waals surface area contributed by atoms with Crippen LogP contribution in [0.3, 0.4) is 0 Å². The van der Waals surface area contributed by atoms with Crippen molar-refractivity contribution in [2.45, 2.75) is 13.0 Å². The van der Waals surface area contributed by atoms with E-state index >= 15 is 0 Å². The summed E-state index contributed by atoms with van der Waals surface area (Å²) in [7, 11) is -3.84. The number of non-ortho nitro benzene ring substituents is 1. The standard InChI is InChI=1S/C12H15NO7S/c1-2-20-12(15)8-21(18,19)7-11(14)9-3-5-10(6-4-9)13(16)17/h3-6,11,14H,2,7-8H2,1H3/t11-/m1/s1. The van der Waals surface area contributed by atoms with Crippen molar-refractivity contribution in [2.24, 2.45) is 0 Å². The molecule has 0 amide bonds. The van der Waals surface area contributed by atoms with Crippen molar-refractivity contribution in [3.63, 3.8) is 0 Å². The molecule has 0 aliphatic rings. The Labute approximate surface area is 121 Å². The van der Waals surface area contributed by atoms with E-state index in [2.05, 4.69) is 4.74 Å². The number of benzene rings is 1. The number of aliphatic hydroxyl groups excluding tert-OH is 1. The minimum absolute atomic E-state index is 0.0687. The first-order valence-corrected chi connectivity index (χ1v) is 7.85. The molecule has 0 heterocycles. The molecule has 0 aromatic heterocycles. The number of carbonyl (C=O) groups excluding carboxylic acids is 1. The van der Waals surface area contributed by atoms with Gasteiger partial charge >= 0.3 is 5.97 Å². The van der Waals surface area contributed by atoms with Crippen LogP contribution in [0.2, 0.25) is 0 Å². The van der Waals surface area contributed by atoms with Gasteiger partial charge in [0.2, 0.25) is 0 Å². The maximum absolute atomic E-state index is 11.7. The Morgan fingerprint density at radius 1 is 1.38 bits per heavy atom. The van der Waals surface area contributed by atoms with Crippen LogP contribution >= 0.6 is 0 Å². The van der Waals surface area contributed by atoms with E-state index in [-0.39, 0.29) is 17.9 Å². The molecule has 0 aliphatic carbocycles. The number of nitrogens with zero attached hydrogens (tertiary/aromatic N) is 1. The summed E-state index contributed by atoms with van der Waals surface area (Å²) in [4.78, 5) is 21.0. The number of carbonyl (C=O) groups is 1. The highest BCUT2D eigenvalue weighted by Gasteiger charge is 2.23. The van der Waals surface area contributed by atoms with Gasteiger partial charge < -0.3 is 9.84 Å². The SMILES string of the molecule is CCOC(=O)CS(=O)(=O)C[C@@H](O)c1ccc([N+](=O)[O-])cc1. The molecule has 1 aromatic carbocycles. The van der Waals surface area contributed by atoms with Crippen molar-refractivity contribution in [1.29, 1.82) is 0 Å². The number of hydrogen-bond donors (Lipinski definition) is 1. The zero-order chi connectivity index (χ0) is 16.0. The number of hydrogen-bond acceptors (Lipinski definition) is 7. The van der Waals surface area contributed by atoms with Gasteiger partial charge in [0, 0.05) is 12.1 Å². The second kappa shape index (κ2) is 7.14. The van der Waals surface area contributed by atoms with Crippen LogP contribution in [-0.4, -0.2) is 42.5 Å². The van der Waals surface area contributed by atoms with E-state index in [1.807, 2.05) is 0 Å². The lowest BCUT2D eigenvalue weighted by Gasteiger charge is -2.11. The number of aliphatic hydroxyl groups is 1. The fourth-order valence-corrected chi connectivity index (χ4v) is 2.83. The van der Waals surface area contributed by atoms with Crippen LogP contribution in [0.4, 0.5) is 5.69 Å². The second-order valence-electron chi connectivity index (χ2n) is 4.22. The predicted molar refractivity (Wildman–Crippen MR) is 73.3 cm³/mol. The molecule has 1 aromatic rings. The van der Waals surface area contributed by atoms with E-state index in [4.69, 9.17) is 0 Å². The average molecular weight is 317 g/mol. The fraction of sp³-hybridized carbons (Fsp3) is 0.417. The fourth-order valence-electron chi connectivity index (χ4n) is 1.60. The predicted octanol–water partition coefficient (Wildman–Crippen LogP) is 0.606. The molecule has 0 bridgehead atoms. The number of rotatable bonds is 7. The number of nitro benzene ring substituents is 1. The zero-order valence-corrected chi connectivity index (χ0v) is 12.1. The topological polar surface area (TPSA) is 124 Å². The first-order chi connectivity index (χ1) is 9.75. The zero-order valence-electron chi connectivity index (χ0n) is 11.3. The molecular weight excluding hydrogens is 302 g/mol. The summed E-state index contributed by atoms with van der Waals surface area (Å²) in [5.74, 6) is -2.36. The molecule has 1 rings (SSSR count). The number of ether oxygens (including phenoxy) is 1. The van der Waals surface area contributed by atoms with E-state index in [1.54, 1.807) is 6.92 Å². The molecule has 0 aliphatic heterocycles. The largest absolute Gasteiger partial charge is 0.465 e. The van der Waals surface area contributed by atoms with Crippen LogP contribution in [0.5, 0.6) is 0 Å². The summed E-state index contributed by atoms with van der Waals surface area (Å²) >= 11 is 0. The van der Waals surface area contributed by atoms with Gasteiger partial charge in [-0.1, -0.05) is 0 Å². The van der Waals surface area contributed by atoms with Crippen molar-refractivity contribution in [1.82, 2.24) is 0 Å². The molecule has 0 spiro atoms. The monoisotopic (exact) mass is 317 g/mol. The molecule has 1 atom stereocenters. The molecule has 116 valence electrons. The molecule has 0 unspecified atom stereocenters. The maximum atomic E-state index is 11.7. The first kappa shape index (κ1) is 17.1. The second-order valence-corrected chi connectivity index (χ2v) is 6.33. The molecule has 8 nitrogen and oxygen atoms in total. The summed E-state index contributed by atoms with van der Waals surface area (Å²) in [5.41, 5.74) is 0.0494. The van der Waals surface area contributed by atoms with Crippen molar-refractivity contribution in [3.05, 3.63) is 39.9 Å². The lowest BCUT2D eigenvalue weighted by atomic mass is 10.1. The summed E-state index contributed by atoms with van der Waals surface area (Å²) in [5, 5.41) is 20.3. The van der Waals surface area contributed by atoms with E-state index in [0.717, 1.165) is 12.1 Å². The van der Waals surface area contributed by atoms with Crippen LogP contribution in [0.1, 0.15) is 18.6 Å². The number of sulfone groups is 1. The number of esters is 1. The summed E-state index contributed by atoms with van der Waals surface area (Å²) in [6.45, 7) is 1.62. The van der Waals surface area contributed by atoms with Gasteiger partial charge in [-0.25, -0.2) is 8.42 Å². The van der Waals surface area contributed by atoms with E-state index in [9.17, 15) is 28.4 Å². The number of nitro groups is 1. The maximum Gasteiger partial charge on any atom is 0.321 e. The molecule has 0 radical (unpaired) electrons. The highest BCUT2D eigenvalue weighted by Crippen LogP contribution is 2.19. The van der Waals surface area contributed by atoms with Gasteiger partial charge in [0.1, 0.15) is 5.75 Å². The van der Waals surface area contributed by atoms with Gasteiger partial charge in [-0.05, 0) is 24.6 Å². The molecule has 0 saturated carbocycles. The highest BCUT2D eigenvalue weighted by molar-refractivity contribution is 7.92. The molecule has 0 fully saturated rings. The van der Waals surface area contributed by atoms with E-state index in [1.165, 1.54) is 12.1 Å². The third-order valence-electron chi connectivity index (χ3n) is 2.54. The van der Waals surface area contributed by atoms with Gasteiger partial charge in [-0.3, -0.25) is 14.9 Å². The first-order valence-electron chi connectivity index (χ1n) is 6.03. The lowest BCUT2D eigenvalue weighted by Crippen LogP contribution is -2.24. The van der Waals surface area contributed by atoms with Crippen molar-refractivity contribution < 1.29 is 28.0 Å². The molecule has 0 saturated heterocycles. The minimum Gasteiger partial charge on any atom is -0.465 e. The third-order valence-corrected chi connectivity index (χ3v) is 4.04. The van der Waals surface area contributed by atoms with Crippen LogP contribution in [-0.2, 0) is 19.4 Å². The van der Waals surface area contributed by atoms with Gasteiger partial charge in [-0.2, -0.15) is 0 Å². The van der Waals surface area contributed by atoms with Crippen molar-refractivity contribution in [3.8, 4) is 0 Å². The smallest absolute Gasteiger partial charge is 0.321 e. The van der Waals surface area contributed by atoms with Crippen LogP contribution in [0.15, 0.2) is 24.3 Å². The average Bonchev–Trinajstić information content (AvgIpc) is 2.37. The Morgan fingerprint density at radius 2 is 1.95 bits per heavy atom. The van der Waals surface area contributed by atoms with Gasteiger partial charge in [0.15, 0.2) is 9.84 Å². The third kappa shape index (κ3) is 5.48. The minimum atomic E-state index is -3.84. The van der Waals surface area contributed by atoms with Crippen LogP contribution in [0.25, 0.3) is 0 Å². The Kier molecular flexibility index (Phi) is 5.79. The molecule has 1 N–H and O–H groups in total. The van der Waals surface area contributed by atoms with Crippen LogP contribution < -0.4 is 0 Å². The Balaban J connectivity index is 2.73.